The van der Waals surface area contributed by atoms with Gasteiger partial charge in [-0.2, -0.15) is 0 Å². The lowest BCUT2D eigenvalue weighted by atomic mass is 9.77. The van der Waals surface area contributed by atoms with Crippen LogP contribution in [-0.2, 0) is 16.8 Å². The van der Waals surface area contributed by atoms with E-state index in [1.165, 1.54) is 12.8 Å². The summed E-state index contributed by atoms with van der Waals surface area (Å²) in [4.78, 5) is 20.7. The van der Waals surface area contributed by atoms with Crippen molar-refractivity contribution in [2.24, 2.45) is 5.92 Å². The van der Waals surface area contributed by atoms with Gasteiger partial charge in [0.25, 0.3) is 0 Å². The molecule has 0 spiro atoms. The van der Waals surface area contributed by atoms with Gasteiger partial charge in [-0.25, -0.2) is 0 Å². The Kier molecular flexibility index (Phi) is 8.68. The van der Waals surface area contributed by atoms with Gasteiger partial charge in [-0.05, 0) is 112 Å². The van der Waals surface area contributed by atoms with E-state index in [-0.39, 0.29) is 30.4 Å². The third-order valence-corrected chi connectivity index (χ3v) is 10.0. The number of fused-ring (bicyclic) bond motifs is 1. The van der Waals surface area contributed by atoms with Crippen molar-refractivity contribution in [1.82, 2.24) is 9.80 Å². The minimum Gasteiger partial charge on any atom is -0.493 e. The van der Waals surface area contributed by atoms with Crippen molar-refractivity contribution in [1.29, 1.82) is 0 Å². The number of carbonyl (C=O) groups is 1. The van der Waals surface area contributed by atoms with Crippen molar-refractivity contribution < 1.29 is 19.4 Å². The molecule has 0 aliphatic carbocycles. The highest BCUT2D eigenvalue weighted by Crippen LogP contribution is 2.45. The first-order chi connectivity index (χ1) is 21.0. The van der Waals surface area contributed by atoms with Gasteiger partial charge in [0.05, 0.1) is 31.3 Å². The number of benzene rings is 3. The number of rotatable bonds is 8. The van der Waals surface area contributed by atoms with Gasteiger partial charge in [0.1, 0.15) is 0 Å². The molecule has 0 aromatic heterocycles. The van der Waals surface area contributed by atoms with Gasteiger partial charge in [0.2, 0.25) is 5.91 Å². The number of nitrogens with zero attached hydrogens (tertiary/aromatic N) is 3. The first kappa shape index (κ1) is 30.9. The largest absolute Gasteiger partial charge is 0.493 e. The predicted molar refractivity (Wildman–Crippen MR) is 175 cm³/mol. The average molecular weight is 618 g/mol. The number of hydrogen-bond acceptors (Lipinski definition) is 6. The summed E-state index contributed by atoms with van der Waals surface area (Å²) >= 11 is 6.27. The number of carbonyl (C=O) groups excluding carboxylic acids is 1. The van der Waals surface area contributed by atoms with Crippen molar-refractivity contribution in [2.75, 3.05) is 45.2 Å². The van der Waals surface area contributed by atoms with E-state index in [0.29, 0.717) is 22.6 Å². The average Bonchev–Trinajstić information content (AvgIpc) is 2.97. The summed E-state index contributed by atoms with van der Waals surface area (Å²) in [6, 6.07) is 19.7. The minimum atomic E-state index is -0.950. The standard InChI is InChI=1S/C36H44ClN3O4/c1-23(2)44-33-20-31-25(18-32(33)43-5)19-34(41)40(35(31)24-6-10-28(37)11-7-24)30-12-8-26(9-13-30)36(3,42)27-21-39(22-27)29-14-16-38(4)17-15-29/h6-13,18,20,23,27,29,35,42H,14-17,19,21-22H2,1-5H3/t35-,36?/m0/s1. The van der Waals surface area contributed by atoms with Crippen LogP contribution in [0.25, 0.3) is 0 Å². The van der Waals surface area contributed by atoms with Crippen LogP contribution in [0.5, 0.6) is 11.5 Å². The Labute approximate surface area is 266 Å². The first-order valence-corrected chi connectivity index (χ1v) is 16.1. The Morgan fingerprint density at radius 1 is 0.977 bits per heavy atom. The van der Waals surface area contributed by atoms with Gasteiger partial charge in [0.15, 0.2) is 11.5 Å². The summed E-state index contributed by atoms with van der Waals surface area (Å²) in [6.45, 7) is 10.00. The van der Waals surface area contributed by atoms with Crippen LogP contribution in [0.2, 0.25) is 5.02 Å². The zero-order valence-electron chi connectivity index (χ0n) is 26.4. The van der Waals surface area contributed by atoms with Crippen LogP contribution in [0.3, 0.4) is 0 Å². The maximum atomic E-state index is 13.9. The molecule has 3 aliphatic rings. The molecule has 3 aliphatic heterocycles. The summed E-state index contributed by atoms with van der Waals surface area (Å²) in [5.41, 5.74) is 3.56. The number of amides is 1. The molecule has 1 N–H and O–H groups in total. The third-order valence-electron chi connectivity index (χ3n) is 9.78. The molecule has 3 aromatic rings. The first-order valence-electron chi connectivity index (χ1n) is 15.8. The molecule has 234 valence electrons. The fourth-order valence-corrected chi connectivity index (χ4v) is 7.18. The molecule has 8 heteroatoms. The van der Waals surface area contributed by atoms with Crippen LogP contribution >= 0.6 is 11.6 Å². The second kappa shape index (κ2) is 12.4. The Morgan fingerprint density at radius 2 is 1.64 bits per heavy atom. The third kappa shape index (κ3) is 5.95. The summed E-state index contributed by atoms with van der Waals surface area (Å²) < 4.78 is 11.8. The molecule has 1 unspecified atom stereocenters. The maximum Gasteiger partial charge on any atom is 0.232 e. The normalized spacial score (nSPS) is 21.6. The highest BCUT2D eigenvalue weighted by Gasteiger charge is 2.44. The van der Waals surface area contributed by atoms with E-state index in [1.54, 1.807) is 7.11 Å². The molecule has 7 nitrogen and oxygen atoms in total. The smallest absolute Gasteiger partial charge is 0.232 e. The summed E-state index contributed by atoms with van der Waals surface area (Å²) in [7, 11) is 3.81. The lowest BCUT2D eigenvalue weighted by Gasteiger charge is -2.51. The molecule has 2 saturated heterocycles. The molecule has 0 saturated carbocycles. The summed E-state index contributed by atoms with van der Waals surface area (Å²) in [5.74, 6) is 1.43. The number of hydrogen-bond donors (Lipinski definition) is 1. The van der Waals surface area contributed by atoms with E-state index in [4.69, 9.17) is 21.1 Å². The number of likely N-dealkylation sites (tertiary alicyclic amines) is 2. The lowest BCUT2D eigenvalue weighted by molar-refractivity contribution is -0.118. The molecule has 1 amide bonds. The van der Waals surface area contributed by atoms with Gasteiger partial charge in [-0.15, -0.1) is 0 Å². The number of anilines is 1. The minimum absolute atomic E-state index is 0.00990. The molecule has 6 rings (SSSR count). The Morgan fingerprint density at radius 3 is 2.25 bits per heavy atom. The fraction of sp³-hybridized carbons (Fsp3) is 0.472. The zero-order valence-corrected chi connectivity index (χ0v) is 27.2. The van der Waals surface area contributed by atoms with Gasteiger partial charge >= 0.3 is 0 Å². The number of aliphatic hydroxyl groups is 1. The zero-order chi connectivity index (χ0) is 31.2. The van der Waals surface area contributed by atoms with Crippen LogP contribution < -0.4 is 14.4 Å². The van der Waals surface area contributed by atoms with Gasteiger partial charge in [0, 0.05) is 35.8 Å². The number of halogens is 1. The quantitative estimate of drug-likeness (QED) is 0.332. The molecular weight excluding hydrogens is 574 g/mol. The van der Waals surface area contributed by atoms with E-state index in [1.807, 2.05) is 86.3 Å². The van der Waals surface area contributed by atoms with Crippen molar-refractivity contribution in [3.8, 4) is 11.5 Å². The molecule has 2 atom stereocenters. The molecule has 0 bridgehead atoms. The van der Waals surface area contributed by atoms with E-state index >= 15 is 0 Å². The van der Waals surface area contributed by atoms with Crippen LogP contribution in [0, 0.1) is 5.92 Å². The molecule has 3 aromatic carbocycles. The molecule has 0 radical (unpaired) electrons. The Hall–Kier alpha value is -3.10. The second-order valence-corrected chi connectivity index (χ2v) is 13.6. The topological polar surface area (TPSA) is 65.5 Å². The van der Waals surface area contributed by atoms with Crippen molar-refractivity contribution >= 4 is 23.2 Å². The number of piperidine rings is 1. The lowest BCUT2D eigenvalue weighted by Crippen LogP contribution is -2.60. The van der Waals surface area contributed by atoms with E-state index in [9.17, 15) is 9.90 Å². The SMILES string of the molecule is COc1cc2c(cc1OC(C)C)[C@H](c1ccc(Cl)cc1)N(c1ccc(C(C)(O)C3CN(C4CCN(C)CC4)C3)cc1)C(=O)C2. The molecule has 44 heavy (non-hydrogen) atoms. The molecular formula is C36H44ClN3O4. The molecule has 2 fully saturated rings. The van der Waals surface area contributed by atoms with Crippen LogP contribution in [0.1, 0.15) is 61.9 Å². The van der Waals surface area contributed by atoms with Crippen LogP contribution in [0.15, 0.2) is 60.7 Å². The number of ether oxygens (including phenoxy) is 2. The predicted octanol–water partition coefficient (Wildman–Crippen LogP) is 6.05. The number of methoxy groups -OCH3 is 1. The fourth-order valence-electron chi connectivity index (χ4n) is 7.05. The summed E-state index contributed by atoms with van der Waals surface area (Å²) in [6.07, 6.45) is 2.59. The Balaban J connectivity index is 1.29. The van der Waals surface area contributed by atoms with E-state index < -0.39 is 5.60 Å². The van der Waals surface area contributed by atoms with E-state index in [0.717, 1.165) is 54.1 Å². The van der Waals surface area contributed by atoms with Crippen molar-refractivity contribution in [3.05, 3.63) is 87.9 Å². The van der Waals surface area contributed by atoms with Crippen LogP contribution in [-0.4, -0.2) is 73.3 Å². The summed E-state index contributed by atoms with van der Waals surface area (Å²) in [5, 5.41) is 12.3. The van der Waals surface area contributed by atoms with Gasteiger partial charge < -0.3 is 24.4 Å². The highest BCUT2D eigenvalue weighted by molar-refractivity contribution is 6.30. The monoisotopic (exact) mass is 617 g/mol. The Bertz CT molecular complexity index is 1480. The molecule has 3 heterocycles. The highest BCUT2D eigenvalue weighted by atomic mass is 35.5. The van der Waals surface area contributed by atoms with Crippen LogP contribution in [0.4, 0.5) is 5.69 Å². The van der Waals surface area contributed by atoms with Gasteiger partial charge in [-0.1, -0.05) is 35.9 Å². The maximum absolute atomic E-state index is 13.9. The van der Waals surface area contributed by atoms with Crippen molar-refractivity contribution in [3.63, 3.8) is 0 Å². The second-order valence-electron chi connectivity index (χ2n) is 13.1. The van der Waals surface area contributed by atoms with E-state index in [2.05, 4.69) is 16.8 Å². The van der Waals surface area contributed by atoms with Crippen molar-refractivity contribution in [2.45, 2.75) is 63.8 Å². The van der Waals surface area contributed by atoms with Gasteiger partial charge in [-0.3, -0.25) is 9.69 Å².